The summed E-state index contributed by atoms with van der Waals surface area (Å²) in [7, 11) is -1.66. The minimum Gasteiger partial charge on any atom is -0.254 e. The summed E-state index contributed by atoms with van der Waals surface area (Å²) in [4.78, 5) is 0. The van der Waals surface area contributed by atoms with Crippen LogP contribution in [-0.4, -0.2) is 22.9 Å². The smallest absolute Gasteiger partial charge is 0.254 e. The molecular formula is C11H11F3OS2. The molecule has 94 valence electrons. The van der Waals surface area contributed by atoms with Crippen LogP contribution in [0.25, 0.3) is 5.57 Å². The molecule has 0 heterocycles. The van der Waals surface area contributed by atoms with E-state index in [-0.39, 0.29) is 9.80 Å². The highest BCUT2D eigenvalue weighted by Gasteiger charge is 2.38. The highest BCUT2D eigenvalue weighted by molar-refractivity contribution is 8.16. The molecule has 0 bridgehead atoms. The van der Waals surface area contributed by atoms with E-state index >= 15 is 0 Å². The molecular weight excluding hydrogens is 269 g/mol. The van der Waals surface area contributed by atoms with Crippen molar-refractivity contribution >= 4 is 28.1 Å². The first-order valence-corrected chi connectivity index (χ1v) is 7.40. The molecule has 0 aliphatic carbocycles. The van der Waals surface area contributed by atoms with Crippen molar-refractivity contribution in [1.29, 1.82) is 0 Å². The number of benzene rings is 1. The second-order valence-electron chi connectivity index (χ2n) is 3.18. The van der Waals surface area contributed by atoms with E-state index in [9.17, 15) is 17.4 Å². The molecule has 0 saturated carbocycles. The Hall–Kier alpha value is -0.750. The Morgan fingerprint density at radius 2 is 1.76 bits per heavy atom. The van der Waals surface area contributed by atoms with Crippen molar-refractivity contribution < 1.29 is 17.4 Å². The van der Waals surface area contributed by atoms with Gasteiger partial charge < -0.3 is 0 Å². The Balaban J connectivity index is 3.47. The number of hydrogen-bond acceptors (Lipinski definition) is 2. The highest BCUT2D eigenvalue weighted by Crippen LogP contribution is 2.40. The molecule has 1 nitrogen and oxygen atoms in total. The van der Waals surface area contributed by atoms with E-state index in [0.29, 0.717) is 0 Å². The van der Waals surface area contributed by atoms with Crippen molar-refractivity contribution in [2.75, 3.05) is 12.5 Å². The van der Waals surface area contributed by atoms with Gasteiger partial charge in [-0.15, -0.1) is 11.8 Å². The van der Waals surface area contributed by atoms with Gasteiger partial charge in [0.2, 0.25) is 0 Å². The molecule has 0 aliphatic heterocycles. The van der Waals surface area contributed by atoms with Crippen molar-refractivity contribution in [1.82, 2.24) is 0 Å². The number of hydrogen-bond donors (Lipinski definition) is 0. The summed E-state index contributed by atoms with van der Waals surface area (Å²) in [6, 6.07) is 7.42. The molecule has 0 aliphatic rings. The second-order valence-corrected chi connectivity index (χ2v) is 5.58. The van der Waals surface area contributed by atoms with E-state index in [0.717, 1.165) is 11.8 Å². The van der Waals surface area contributed by atoms with Crippen LogP contribution in [0.4, 0.5) is 13.2 Å². The van der Waals surface area contributed by atoms with E-state index in [2.05, 4.69) is 0 Å². The molecule has 0 N–H and O–H groups in total. The first-order valence-electron chi connectivity index (χ1n) is 4.62. The summed E-state index contributed by atoms with van der Waals surface area (Å²) in [5, 5.41) is 0. The molecule has 0 radical (unpaired) electrons. The van der Waals surface area contributed by atoms with Gasteiger partial charge in [-0.2, -0.15) is 13.2 Å². The number of thioether (sulfide) groups is 1. The van der Waals surface area contributed by atoms with Crippen LogP contribution < -0.4 is 0 Å². The van der Waals surface area contributed by atoms with Gasteiger partial charge in [-0.05, 0) is 11.8 Å². The Labute approximate surface area is 105 Å². The summed E-state index contributed by atoms with van der Waals surface area (Å²) >= 11 is 0.867. The Morgan fingerprint density at radius 3 is 2.12 bits per heavy atom. The van der Waals surface area contributed by atoms with Crippen LogP contribution in [0.3, 0.4) is 0 Å². The molecule has 0 spiro atoms. The average molecular weight is 280 g/mol. The van der Waals surface area contributed by atoms with E-state index in [4.69, 9.17) is 0 Å². The summed E-state index contributed by atoms with van der Waals surface area (Å²) < 4.78 is 50.2. The topological polar surface area (TPSA) is 17.1 Å². The van der Waals surface area contributed by atoms with Crippen LogP contribution in [-0.2, 0) is 10.8 Å². The monoisotopic (exact) mass is 280 g/mol. The lowest BCUT2D eigenvalue weighted by Gasteiger charge is -2.15. The zero-order valence-corrected chi connectivity index (χ0v) is 10.9. The standard InChI is InChI=1S/C11H11F3OS2/c1-16-10(17(2)15)9(11(12,13)14)8-6-4-3-5-7-8/h3-7H,1-2H3/b10-9-. The van der Waals surface area contributed by atoms with E-state index < -0.39 is 22.5 Å². The normalized spacial score (nSPS) is 15.4. The van der Waals surface area contributed by atoms with Crippen LogP contribution in [0.15, 0.2) is 34.6 Å². The van der Waals surface area contributed by atoms with Gasteiger partial charge in [0, 0.05) is 6.26 Å². The zero-order chi connectivity index (χ0) is 13.1. The minimum atomic E-state index is -4.51. The van der Waals surface area contributed by atoms with Gasteiger partial charge in [-0.3, -0.25) is 4.21 Å². The van der Waals surface area contributed by atoms with Gasteiger partial charge in [-0.1, -0.05) is 30.3 Å². The van der Waals surface area contributed by atoms with Crippen LogP contribution in [0.2, 0.25) is 0 Å². The molecule has 1 aromatic rings. The zero-order valence-electron chi connectivity index (χ0n) is 9.25. The van der Waals surface area contributed by atoms with E-state index in [1.165, 1.54) is 36.8 Å². The lowest BCUT2D eigenvalue weighted by molar-refractivity contribution is -0.0689. The van der Waals surface area contributed by atoms with Crippen LogP contribution in [0.5, 0.6) is 0 Å². The van der Waals surface area contributed by atoms with Gasteiger partial charge in [-0.25, -0.2) is 0 Å². The summed E-state index contributed by atoms with van der Waals surface area (Å²) in [6.07, 6.45) is -1.77. The number of rotatable bonds is 3. The fourth-order valence-corrected chi connectivity index (χ4v) is 3.26. The predicted octanol–water partition coefficient (Wildman–Crippen LogP) is 3.66. The summed E-state index contributed by atoms with van der Waals surface area (Å²) in [5.74, 6) is 0. The third-order valence-corrected chi connectivity index (χ3v) is 4.50. The summed E-state index contributed by atoms with van der Waals surface area (Å²) in [5.41, 5.74) is -0.772. The average Bonchev–Trinajstić information content (AvgIpc) is 2.24. The van der Waals surface area contributed by atoms with Crippen molar-refractivity contribution in [2.45, 2.75) is 6.18 Å². The molecule has 1 aromatic carbocycles. The fraction of sp³-hybridized carbons (Fsp3) is 0.273. The third-order valence-electron chi connectivity index (χ3n) is 2.00. The largest absolute Gasteiger partial charge is 0.418 e. The van der Waals surface area contributed by atoms with Crippen LogP contribution in [0, 0.1) is 0 Å². The van der Waals surface area contributed by atoms with E-state index in [1.807, 2.05) is 0 Å². The highest BCUT2D eigenvalue weighted by atomic mass is 32.2. The number of allylic oxidation sites excluding steroid dienone is 1. The maximum absolute atomic E-state index is 13.0. The van der Waals surface area contributed by atoms with Gasteiger partial charge in [0.1, 0.15) is 0 Å². The minimum absolute atomic E-state index is 0.0413. The molecule has 0 fully saturated rings. The summed E-state index contributed by atoms with van der Waals surface area (Å²) in [6.45, 7) is 0. The Kier molecular flexibility index (Phi) is 4.82. The van der Waals surface area contributed by atoms with Crippen molar-refractivity contribution in [3.63, 3.8) is 0 Å². The second kappa shape index (κ2) is 5.73. The molecule has 6 heteroatoms. The lowest BCUT2D eigenvalue weighted by Crippen LogP contribution is -2.14. The van der Waals surface area contributed by atoms with Crippen LogP contribution >= 0.6 is 11.8 Å². The number of halogens is 3. The van der Waals surface area contributed by atoms with Crippen LogP contribution in [0.1, 0.15) is 5.56 Å². The van der Waals surface area contributed by atoms with Crippen molar-refractivity contribution in [3.8, 4) is 0 Å². The van der Waals surface area contributed by atoms with Gasteiger partial charge >= 0.3 is 6.18 Å². The quantitative estimate of drug-likeness (QED) is 0.840. The maximum atomic E-state index is 13.0. The van der Waals surface area contributed by atoms with Crippen molar-refractivity contribution in [2.24, 2.45) is 0 Å². The third kappa shape index (κ3) is 3.61. The maximum Gasteiger partial charge on any atom is 0.418 e. The number of alkyl halides is 3. The molecule has 1 unspecified atom stereocenters. The van der Waals surface area contributed by atoms with Crippen molar-refractivity contribution in [3.05, 3.63) is 40.1 Å². The molecule has 17 heavy (non-hydrogen) atoms. The first-order chi connectivity index (χ1) is 7.88. The first kappa shape index (κ1) is 14.3. The molecule has 0 amide bonds. The molecule has 1 rings (SSSR count). The molecule has 1 atom stereocenters. The predicted molar refractivity (Wildman–Crippen MR) is 67.0 cm³/mol. The van der Waals surface area contributed by atoms with Gasteiger partial charge in [0.15, 0.2) is 0 Å². The van der Waals surface area contributed by atoms with Gasteiger partial charge in [0.05, 0.1) is 20.6 Å². The Bertz CT molecular complexity index is 438. The SMILES string of the molecule is CS/C(=C(\c1ccccc1)C(F)(F)F)S(C)=O. The van der Waals surface area contributed by atoms with E-state index in [1.54, 1.807) is 6.07 Å². The Morgan fingerprint density at radius 1 is 1.24 bits per heavy atom. The fourth-order valence-electron chi connectivity index (χ4n) is 1.37. The molecule has 0 saturated heterocycles. The molecule has 0 aromatic heterocycles. The lowest BCUT2D eigenvalue weighted by atomic mass is 10.1. The van der Waals surface area contributed by atoms with Gasteiger partial charge in [0.25, 0.3) is 0 Å².